The second kappa shape index (κ2) is 9.65. The number of benzene rings is 2. The molecule has 2 aromatic carbocycles. The second-order valence-corrected chi connectivity index (χ2v) is 8.07. The Labute approximate surface area is 190 Å². The zero-order valence-corrected chi connectivity index (χ0v) is 18.5. The van der Waals surface area contributed by atoms with E-state index in [1.807, 2.05) is 11.0 Å². The lowest BCUT2D eigenvalue weighted by atomic mass is 10.2. The summed E-state index contributed by atoms with van der Waals surface area (Å²) in [6, 6.07) is 14.0. The van der Waals surface area contributed by atoms with Crippen molar-refractivity contribution in [3.63, 3.8) is 0 Å². The summed E-state index contributed by atoms with van der Waals surface area (Å²) in [4.78, 5) is 26.3. The van der Waals surface area contributed by atoms with Crippen molar-refractivity contribution < 1.29 is 22.8 Å². The SMILES string of the molecule is O=C(NC(=S)Nc1ccc(N2CCN(C(=O)C(F)(F)F)CC2)cc1)c1cccc(Br)c1. The van der Waals surface area contributed by atoms with E-state index in [0.29, 0.717) is 24.3 Å². The van der Waals surface area contributed by atoms with Crippen LogP contribution in [-0.2, 0) is 4.79 Å². The van der Waals surface area contributed by atoms with Crippen LogP contribution in [-0.4, -0.2) is 54.2 Å². The van der Waals surface area contributed by atoms with Crippen LogP contribution in [0.25, 0.3) is 0 Å². The summed E-state index contributed by atoms with van der Waals surface area (Å²) in [7, 11) is 0. The van der Waals surface area contributed by atoms with Gasteiger partial charge in [-0.1, -0.05) is 22.0 Å². The number of halogens is 4. The third-order valence-electron chi connectivity index (χ3n) is 4.61. The molecule has 2 amide bonds. The Bertz CT molecular complexity index is 977. The molecule has 1 fully saturated rings. The lowest BCUT2D eigenvalue weighted by molar-refractivity contribution is -0.185. The van der Waals surface area contributed by atoms with Crippen molar-refractivity contribution in [2.75, 3.05) is 36.4 Å². The Morgan fingerprint density at radius 3 is 2.23 bits per heavy atom. The topological polar surface area (TPSA) is 64.7 Å². The highest BCUT2D eigenvalue weighted by Gasteiger charge is 2.43. The summed E-state index contributed by atoms with van der Waals surface area (Å²) < 4.78 is 38.4. The molecule has 1 saturated heterocycles. The van der Waals surface area contributed by atoms with Gasteiger partial charge in [0.05, 0.1) is 0 Å². The van der Waals surface area contributed by atoms with Gasteiger partial charge in [0.2, 0.25) is 0 Å². The highest BCUT2D eigenvalue weighted by Crippen LogP contribution is 2.23. The summed E-state index contributed by atoms with van der Waals surface area (Å²) in [6.45, 7) is 0.611. The first-order chi connectivity index (χ1) is 14.6. The molecule has 1 aliphatic heterocycles. The number of carbonyl (C=O) groups is 2. The van der Waals surface area contributed by atoms with Crippen molar-refractivity contribution in [2.24, 2.45) is 0 Å². The van der Waals surface area contributed by atoms with Gasteiger partial charge in [-0.25, -0.2) is 0 Å². The monoisotopic (exact) mass is 514 g/mol. The van der Waals surface area contributed by atoms with E-state index >= 15 is 0 Å². The first kappa shape index (κ1) is 23.0. The Morgan fingerprint density at radius 2 is 1.65 bits per heavy atom. The quantitative estimate of drug-likeness (QED) is 0.610. The number of hydrogen-bond donors (Lipinski definition) is 2. The molecule has 0 saturated carbocycles. The molecule has 31 heavy (non-hydrogen) atoms. The van der Waals surface area contributed by atoms with Crippen LogP contribution >= 0.6 is 28.1 Å². The zero-order valence-electron chi connectivity index (χ0n) is 16.1. The summed E-state index contributed by atoms with van der Waals surface area (Å²) in [6.07, 6.45) is -4.85. The molecule has 0 radical (unpaired) electrons. The number of nitrogens with one attached hydrogen (secondary N) is 2. The minimum Gasteiger partial charge on any atom is -0.368 e. The van der Waals surface area contributed by atoms with Gasteiger partial charge in [-0.2, -0.15) is 13.2 Å². The number of nitrogens with zero attached hydrogens (tertiary/aromatic N) is 2. The molecule has 0 spiro atoms. The number of alkyl halides is 3. The van der Waals surface area contributed by atoms with E-state index < -0.39 is 12.1 Å². The molecule has 3 rings (SSSR count). The van der Waals surface area contributed by atoms with E-state index in [1.54, 1.807) is 42.5 Å². The van der Waals surface area contributed by atoms with Crippen LogP contribution in [0.5, 0.6) is 0 Å². The van der Waals surface area contributed by atoms with Crippen LogP contribution in [0.4, 0.5) is 24.5 Å². The van der Waals surface area contributed by atoms with Gasteiger partial charge >= 0.3 is 12.1 Å². The van der Waals surface area contributed by atoms with Crippen molar-refractivity contribution in [1.29, 1.82) is 0 Å². The van der Waals surface area contributed by atoms with Crippen LogP contribution in [0.1, 0.15) is 10.4 Å². The number of amides is 2. The Kier molecular flexibility index (Phi) is 7.16. The van der Waals surface area contributed by atoms with Crippen molar-refractivity contribution in [2.45, 2.75) is 6.18 Å². The molecule has 1 aliphatic rings. The first-order valence-corrected chi connectivity index (χ1v) is 10.4. The van der Waals surface area contributed by atoms with Gasteiger partial charge in [0.25, 0.3) is 5.91 Å². The molecule has 0 bridgehead atoms. The summed E-state index contributed by atoms with van der Waals surface area (Å²) >= 11 is 8.48. The second-order valence-electron chi connectivity index (χ2n) is 6.74. The Morgan fingerprint density at radius 1 is 1.00 bits per heavy atom. The van der Waals surface area contributed by atoms with Crippen LogP contribution < -0.4 is 15.5 Å². The van der Waals surface area contributed by atoms with E-state index in [4.69, 9.17) is 12.2 Å². The summed E-state index contributed by atoms with van der Waals surface area (Å²) in [5.74, 6) is -2.15. The Hall–Kier alpha value is -2.66. The molecule has 1 heterocycles. The molecule has 164 valence electrons. The van der Waals surface area contributed by atoms with E-state index in [9.17, 15) is 22.8 Å². The van der Waals surface area contributed by atoms with Crippen LogP contribution in [0, 0.1) is 0 Å². The van der Waals surface area contributed by atoms with Gasteiger partial charge < -0.3 is 15.1 Å². The lowest BCUT2D eigenvalue weighted by Gasteiger charge is -2.36. The Balaban J connectivity index is 1.52. The molecule has 2 N–H and O–H groups in total. The van der Waals surface area contributed by atoms with Crippen LogP contribution in [0.3, 0.4) is 0 Å². The summed E-state index contributed by atoms with van der Waals surface area (Å²) in [5, 5.41) is 5.65. The van der Waals surface area contributed by atoms with E-state index in [1.165, 1.54) is 0 Å². The minimum atomic E-state index is -4.85. The van der Waals surface area contributed by atoms with Gasteiger partial charge in [-0.15, -0.1) is 0 Å². The number of hydrogen-bond acceptors (Lipinski definition) is 4. The predicted molar refractivity (Wildman–Crippen MR) is 119 cm³/mol. The molecular weight excluding hydrogens is 497 g/mol. The van der Waals surface area contributed by atoms with Gasteiger partial charge in [0, 0.05) is 47.6 Å². The fraction of sp³-hybridized carbons (Fsp3) is 0.250. The predicted octanol–water partition coefficient (Wildman–Crippen LogP) is 3.79. The highest BCUT2D eigenvalue weighted by molar-refractivity contribution is 9.10. The molecular formula is C20H18BrF3N4O2S. The number of rotatable bonds is 3. The number of carbonyl (C=O) groups excluding carboxylic acids is 2. The molecule has 11 heteroatoms. The largest absolute Gasteiger partial charge is 0.471 e. The standard InChI is InChI=1S/C20H18BrF3N4O2S/c21-14-3-1-2-13(12-14)17(29)26-19(31)25-15-4-6-16(7-5-15)27-8-10-28(11-9-27)18(30)20(22,23)24/h1-7,12H,8-11H2,(H2,25,26,29,31). The maximum atomic E-state index is 12.5. The maximum absolute atomic E-state index is 12.5. The van der Waals surface area contributed by atoms with Gasteiger partial charge in [0.15, 0.2) is 5.11 Å². The van der Waals surface area contributed by atoms with Gasteiger partial charge in [0.1, 0.15) is 0 Å². The smallest absolute Gasteiger partial charge is 0.368 e. The van der Waals surface area contributed by atoms with Crippen molar-refractivity contribution in [3.8, 4) is 0 Å². The fourth-order valence-corrected chi connectivity index (χ4v) is 3.68. The van der Waals surface area contributed by atoms with Crippen molar-refractivity contribution >= 4 is 56.4 Å². The van der Waals surface area contributed by atoms with Crippen molar-refractivity contribution in [1.82, 2.24) is 10.2 Å². The zero-order chi connectivity index (χ0) is 22.6. The maximum Gasteiger partial charge on any atom is 0.471 e. The van der Waals surface area contributed by atoms with Crippen LogP contribution in [0.15, 0.2) is 53.0 Å². The minimum absolute atomic E-state index is 0.00403. The summed E-state index contributed by atoms with van der Waals surface area (Å²) in [5.41, 5.74) is 1.92. The van der Waals surface area contributed by atoms with Gasteiger partial charge in [-0.3, -0.25) is 14.9 Å². The third kappa shape index (κ3) is 6.17. The fourth-order valence-electron chi connectivity index (χ4n) is 3.07. The normalized spacial score (nSPS) is 14.2. The third-order valence-corrected chi connectivity index (χ3v) is 5.31. The average Bonchev–Trinajstić information content (AvgIpc) is 2.73. The molecule has 0 aromatic heterocycles. The first-order valence-electron chi connectivity index (χ1n) is 9.22. The number of thiocarbonyl (C=S) groups is 1. The van der Waals surface area contributed by atoms with Crippen molar-refractivity contribution in [3.05, 3.63) is 58.6 Å². The molecule has 2 aromatic rings. The lowest BCUT2D eigenvalue weighted by Crippen LogP contribution is -2.52. The van der Waals surface area contributed by atoms with Crippen LogP contribution in [0.2, 0.25) is 0 Å². The van der Waals surface area contributed by atoms with Gasteiger partial charge in [-0.05, 0) is 54.7 Å². The molecule has 0 atom stereocenters. The number of anilines is 2. The molecule has 6 nitrogen and oxygen atoms in total. The van der Waals surface area contributed by atoms with E-state index in [-0.39, 0.29) is 24.1 Å². The number of piperazine rings is 1. The van der Waals surface area contributed by atoms with E-state index in [0.717, 1.165) is 15.1 Å². The average molecular weight is 515 g/mol. The molecule has 0 unspecified atom stereocenters. The molecule has 0 aliphatic carbocycles. The van der Waals surface area contributed by atoms with E-state index in [2.05, 4.69) is 26.6 Å². The highest BCUT2D eigenvalue weighted by atomic mass is 79.9.